The summed E-state index contributed by atoms with van der Waals surface area (Å²) in [7, 11) is 1.74. The molecule has 0 amide bonds. The Balaban J connectivity index is 2.18. The third-order valence-corrected chi connectivity index (χ3v) is 3.53. The highest BCUT2D eigenvalue weighted by molar-refractivity contribution is 6.28. The van der Waals surface area contributed by atoms with Gasteiger partial charge >= 0.3 is 0 Å². The Labute approximate surface area is 124 Å². The third-order valence-electron chi connectivity index (χ3n) is 3.24. The first-order valence-electron chi connectivity index (χ1n) is 6.17. The van der Waals surface area contributed by atoms with Crippen molar-refractivity contribution in [3.8, 4) is 6.07 Å². The largest absolute Gasteiger partial charge is 0.318 e. The maximum absolute atomic E-state index is 12.4. The van der Waals surface area contributed by atoms with E-state index in [0.29, 0.717) is 16.8 Å². The molecule has 0 spiro atoms. The Morgan fingerprint density at radius 1 is 1.38 bits per heavy atom. The van der Waals surface area contributed by atoms with Crippen LogP contribution >= 0.6 is 11.6 Å². The number of hydrogen-bond acceptors (Lipinski definition) is 4. The smallest absolute Gasteiger partial charge is 0.282 e. The van der Waals surface area contributed by atoms with Crippen LogP contribution in [0.15, 0.2) is 35.4 Å². The number of benzene rings is 1. The summed E-state index contributed by atoms with van der Waals surface area (Å²) in [5.74, 6) is 0. The number of fused-ring (bicyclic) bond motifs is 1. The SMILES string of the molecule is Cn1cnc2c(=O)n(Cc3ccccc3C#N)c(Cl)nc21. The summed E-state index contributed by atoms with van der Waals surface area (Å²) in [5, 5.41) is 9.18. The quantitative estimate of drug-likeness (QED) is 0.675. The van der Waals surface area contributed by atoms with Crippen LogP contribution in [0.5, 0.6) is 0 Å². The van der Waals surface area contributed by atoms with Crippen LogP contribution in [0.3, 0.4) is 0 Å². The number of halogens is 1. The first-order valence-corrected chi connectivity index (χ1v) is 6.55. The van der Waals surface area contributed by atoms with Gasteiger partial charge in [0.25, 0.3) is 5.56 Å². The van der Waals surface area contributed by atoms with Crippen molar-refractivity contribution in [1.29, 1.82) is 5.26 Å². The highest BCUT2D eigenvalue weighted by Gasteiger charge is 2.14. The molecule has 21 heavy (non-hydrogen) atoms. The second-order valence-corrected chi connectivity index (χ2v) is 4.91. The molecule has 0 fully saturated rings. The van der Waals surface area contributed by atoms with Crippen LogP contribution in [-0.4, -0.2) is 19.1 Å². The lowest BCUT2D eigenvalue weighted by molar-refractivity contribution is 0.744. The molecule has 0 aliphatic rings. The summed E-state index contributed by atoms with van der Waals surface area (Å²) in [6.07, 6.45) is 1.52. The fraction of sp³-hybridized carbons (Fsp3) is 0.143. The Kier molecular flexibility index (Phi) is 3.20. The van der Waals surface area contributed by atoms with Crippen LogP contribution < -0.4 is 5.56 Å². The number of aromatic nitrogens is 4. The molecule has 0 atom stereocenters. The van der Waals surface area contributed by atoms with E-state index >= 15 is 0 Å². The van der Waals surface area contributed by atoms with E-state index in [4.69, 9.17) is 16.9 Å². The zero-order valence-electron chi connectivity index (χ0n) is 11.1. The summed E-state index contributed by atoms with van der Waals surface area (Å²) >= 11 is 6.11. The molecule has 104 valence electrons. The number of aryl methyl sites for hydroxylation is 1. The van der Waals surface area contributed by atoms with E-state index < -0.39 is 0 Å². The van der Waals surface area contributed by atoms with Crippen LogP contribution in [0.2, 0.25) is 5.28 Å². The van der Waals surface area contributed by atoms with Gasteiger partial charge in [-0.3, -0.25) is 9.36 Å². The molecule has 2 aromatic heterocycles. The Hall–Kier alpha value is -2.65. The van der Waals surface area contributed by atoms with E-state index in [1.807, 2.05) is 6.07 Å². The number of rotatable bonds is 2. The molecule has 0 radical (unpaired) electrons. The number of nitriles is 1. The molecular formula is C14H10ClN5O. The molecule has 7 heteroatoms. The highest BCUT2D eigenvalue weighted by Crippen LogP contribution is 2.14. The molecule has 1 aromatic carbocycles. The normalized spacial score (nSPS) is 10.7. The maximum Gasteiger partial charge on any atom is 0.282 e. The minimum absolute atomic E-state index is 0.0730. The van der Waals surface area contributed by atoms with Crippen LogP contribution in [0.1, 0.15) is 11.1 Å². The molecule has 6 nitrogen and oxygen atoms in total. The van der Waals surface area contributed by atoms with Crippen molar-refractivity contribution in [2.75, 3.05) is 0 Å². The monoisotopic (exact) mass is 299 g/mol. The Morgan fingerprint density at radius 2 is 2.14 bits per heavy atom. The average Bonchev–Trinajstić information content (AvgIpc) is 2.85. The Morgan fingerprint density at radius 3 is 2.90 bits per heavy atom. The number of imidazole rings is 1. The van der Waals surface area contributed by atoms with Crippen molar-refractivity contribution in [1.82, 2.24) is 19.1 Å². The number of hydrogen-bond donors (Lipinski definition) is 0. The fourth-order valence-corrected chi connectivity index (χ4v) is 2.36. The summed E-state index contributed by atoms with van der Waals surface area (Å²) in [5.41, 5.74) is 1.59. The maximum atomic E-state index is 12.4. The molecule has 0 unspecified atom stereocenters. The lowest BCUT2D eigenvalue weighted by atomic mass is 10.1. The van der Waals surface area contributed by atoms with Crippen molar-refractivity contribution in [3.63, 3.8) is 0 Å². The predicted octanol–water partition coefficient (Wildman–Crippen LogP) is 1.70. The molecule has 0 aliphatic carbocycles. The van der Waals surface area contributed by atoms with Crippen molar-refractivity contribution >= 4 is 22.8 Å². The molecule has 2 heterocycles. The number of nitrogens with zero attached hydrogens (tertiary/aromatic N) is 5. The molecule has 0 saturated heterocycles. The highest BCUT2D eigenvalue weighted by atomic mass is 35.5. The van der Waals surface area contributed by atoms with Gasteiger partial charge in [0.05, 0.1) is 24.5 Å². The van der Waals surface area contributed by atoms with Gasteiger partial charge in [0.1, 0.15) is 0 Å². The van der Waals surface area contributed by atoms with Crippen LogP contribution in [-0.2, 0) is 13.6 Å². The zero-order valence-corrected chi connectivity index (χ0v) is 11.9. The van der Waals surface area contributed by atoms with Crippen molar-refractivity contribution in [2.24, 2.45) is 7.05 Å². The van der Waals surface area contributed by atoms with Gasteiger partial charge in [0.15, 0.2) is 11.2 Å². The summed E-state index contributed by atoms with van der Waals surface area (Å²) in [4.78, 5) is 20.7. The third kappa shape index (κ3) is 2.18. The summed E-state index contributed by atoms with van der Waals surface area (Å²) in [6, 6.07) is 9.15. The van der Waals surface area contributed by atoms with Gasteiger partial charge in [-0.05, 0) is 23.2 Å². The van der Waals surface area contributed by atoms with E-state index in [0.717, 1.165) is 0 Å². The Bertz CT molecular complexity index is 935. The van der Waals surface area contributed by atoms with Gasteiger partial charge in [-0.2, -0.15) is 10.2 Å². The molecular weight excluding hydrogens is 290 g/mol. The van der Waals surface area contributed by atoms with E-state index in [-0.39, 0.29) is 22.9 Å². The topological polar surface area (TPSA) is 76.5 Å². The van der Waals surface area contributed by atoms with Crippen LogP contribution in [0, 0.1) is 11.3 Å². The average molecular weight is 300 g/mol. The van der Waals surface area contributed by atoms with Gasteiger partial charge in [-0.25, -0.2) is 4.98 Å². The minimum Gasteiger partial charge on any atom is -0.318 e. The minimum atomic E-state index is -0.321. The second kappa shape index (κ2) is 5.04. The van der Waals surface area contributed by atoms with Crippen molar-refractivity contribution in [3.05, 3.63) is 57.4 Å². The summed E-state index contributed by atoms with van der Waals surface area (Å²) < 4.78 is 2.95. The lowest BCUT2D eigenvalue weighted by Crippen LogP contribution is -2.23. The van der Waals surface area contributed by atoms with Crippen LogP contribution in [0.4, 0.5) is 0 Å². The van der Waals surface area contributed by atoms with E-state index in [1.54, 1.807) is 29.8 Å². The van der Waals surface area contributed by atoms with Crippen LogP contribution in [0.25, 0.3) is 11.2 Å². The molecule has 0 N–H and O–H groups in total. The molecule has 0 bridgehead atoms. The predicted molar refractivity (Wildman–Crippen MR) is 78.0 cm³/mol. The van der Waals surface area contributed by atoms with E-state index in [1.165, 1.54) is 10.9 Å². The second-order valence-electron chi connectivity index (χ2n) is 4.57. The zero-order chi connectivity index (χ0) is 15.0. The van der Waals surface area contributed by atoms with Gasteiger partial charge < -0.3 is 4.57 Å². The van der Waals surface area contributed by atoms with Gasteiger partial charge in [-0.15, -0.1) is 0 Å². The van der Waals surface area contributed by atoms with Gasteiger partial charge in [-0.1, -0.05) is 18.2 Å². The molecule has 3 rings (SSSR count). The first kappa shape index (κ1) is 13.3. The fourth-order valence-electron chi connectivity index (χ4n) is 2.14. The summed E-state index contributed by atoms with van der Waals surface area (Å²) in [6.45, 7) is 0.181. The standard InChI is InChI=1S/C14H10ClN5O/c1-19-8-17-11-12(19)18-14(15)20(13(11)21)7-10-5-3-2-4-9(10)6-16/h2-5,8H,7H2,1H3. The van der Waals surface area contributed by atoms with E-state index in [9.17, 15) is 4.79 Å². The first-order chi connectivity index (χ1) is 10.1. The lowest BCUT2D eigenvalue weighted by Gasteiger charge is -2.09. The van der Waals surface area contributed by atoms with E-state index in [2.05, 4.69) is 16.0 Å². The van der Waals surface area contributed by atoms with Crippen molar-refractivity contribution in [2.45, 2.75) is 6.54 Å². The molecule has 0 aliphatic heterocycles. The van der Waals surface area contributed by atoms with Gasteiger partial charge in [0, 0.05) is 7.05 Å². The molecule has 0 saturated carbocycles. The van der Waals surface area contributed by atoms with Gasteiger partial charge in [0.2, 0.25) is 5.28 Å². The van der Waals surface area contributed by atoms with Crippen molar-refractivity contribution < 1.29 is 0 Å². The molecule has 3 aromatic rings.